The molecule has 4 nitrogen and oxygen atoms in total. The number of hydrogen-bond acceptors (Lipinski definition) is 3. The van der Waals surface area contributed by atoms with Crippen LogP contribution in [-0.2, 0) is 0 Å². The quantitative estimate of drug-likeness (QED) is 0.765. The molecule has 1 aromatic carbocycles. The lowest BCUT2D eigenvalue weighted by Gasteiger charge is -2.14. The van der Waals surface area contributed by atoms with Crippen molar-refractivity contribution in [3.63, 3.8) is 0 Å². The summed E-state index contributed by atoms with van der Waals surface area (Å²) < 4.78 is 0. The summed E-state index contributed by atoms with van der Waals surface area (Å²) in [6, 6.07) is 13.5. The Morgan fingerprint density at radius 3 is 2.59 bits per heavy atom. The van der Waals surface area contributed by atoms with Crippen LogP contribution in [-0.4, -0.2) is 17.4 Å². The van der Waals surface area contributed by atoms with Gasteiger partial charge in [-0.05, 0) is 31.0 Å². The Morgan fingerprint density at radius 1 is 1.18 bits per heavy atom. The largest absolute Gasteiger partial charge is 0.370 e. The van der Waals surface area contributed by atoms with E-state index in [1.165, 1.54) is 0 Å². The lowest BCUT2D eigenvalue weighted by molar-refractivity contribution is 0.0939. The highest BCUT2D eigenvalue weighted by atomic mass is 16.1. The number of benzene rings is 1. The fourth-order valence-corrected chi connectivity index (χ4v) is 2.13. The third-order valence-electron chi connectivity index (χ3n) is 3.51. The predicted octanol–water partition coefficient (Wildman–Crippen LogP) is 3.78. The zero-order valence-electron chi connectivity index (χ0n) is 13.2. The van der Waals surface area contributed by atoms with Crippen LogP contribution in [0.5, 0.6) is 0 Å². The Bertz CT molecular complexity index is 581. The molecule has 2 aromatic rings. The molecule has 0 aliphatic carbocycles. The Hall–Kier alpha value is -2.36. The minimum Gasteiger partial charge on any atom is -0.370 e. The lowest BCUT2D eigenvalue weighted by Crippen LogP contribution is -2.26. The van der Waals surface area contributed by atoms with Crippen molar-refractivity contribution in [3.05, 3.63) is 59.8 Å². The molecule has 0 spiro atoms. The highest BCUT2D eigenvalue weighted by Gasteiger charge is 2.11. The van der Waals surface area contributed by atoms with Crippen molar-refractivity contribution in [2.24, 2.45) is 0 Å². The number of anilines is 1. The van der Waals surface area contributed by atoms with Gasteiger partial charge in [-0.3, -0.25) is 4.79 Å². The molecule has 0 aliphatic heterocycles. The summed E-state index contributed by atoms with van der Waals surface area (Å²) in [7, 11) is 0. The molecule has 4 heteroatoms. The molecule has 2 N–H and O–H groups in total. The number of pyridine rings is 1. The van der Waals surface area contributed by atoms with Crippen molar-refractivity contribution in [1.82, 2.24) is 10.3 Å². The van der Waals surface area contributed by atoms with Crippen LogP contribution in [0, 0.1) is 0 Å². The van der Waals surface area contributed by atoms with E-state index in [0.717, 1.165) is 30.8 Å². The highest BCUT2D eigenvalue weighted by Crippen LogP contribution is 2.13. The maximum atomic E-state index is 12.2. The SMILES string of the molecule is CCCCNc1ccc(C(=O)NC(C)c2ccccc2)cn1. The number of rotatable bonds is 7. The van der Waals surface area contributed by atoms with Gasteiger partial charge in [0, 0.05) is 12.7 Å². The van der Waals surface area contributed by atoms with E-state index in [1.54, 1.807) is 12.3 Å². The minimum atomic E-state index is -0.107. The van der Waals surface area contributed by atoms with E-state index < -0.39 is 0 Å². The van der Waals surface area contributed by atoms with E-state index in [4.69, 9.17) is 0 Å². The molecule has 0 radical (unpaired) electrons. The average molecular weight is 297 g/mol. The zero-order chi connectivity index (χ0) is 15.8. The first-order chi connectivity index (χ1) is 10.7. The van der Waals surface area contributed by atoms with Gasteiger partial charge in [-0.15, -0.1) is 0 Å². The molecule has 1 unspecified atom stereocenters. The lowest BCUT2D eigenvalue weighted by atomic mass is 10.1. The smallest absolute Gasteiger partial charge is 0.253 e. The number of aromatic nitrogens is 1. The van der Waals surface area contributed by atoms with E-state index in [2.05, 4.69) is 22.5 Å². The summed E-state index contributed by atoms with van der Waals surface area (Å²) in [5.74, 6) is 0.699. The summed E-state index contributed by atoms with van der Waals surface area (Å²) in [5.41, 5.74) is 1.66. The van der Waals surface area contributed by atoms with Gasteiger partial charge in [-0.1, -0.05) is 43.7 Å². The Labute approximate surface area is 132 Å². The van der Waals surface area contributed by atoms with Gasteiger partial charge in [-0.2, -0.15) is 0 Å². The minimum absolute atomic E-state index is 0.0314. The van der Waals surface area contributed by atoms with Gasteiger partial charge < -0.3 is 10.6 Å². The first kappa shape index (κ1) is 16.0. The van der Waals surface area contributed by atoms with Gasteiger partial charge in [0.1, 0.15) is 5.82 Å². The topological polar surface area (TPSA) is 54.0 Å². The van der Waals surface area contributed by atoms with Crippen LogP contribution in [0.3, 0.4) is 0 Å². The normalized spacial score (nSPS) is 11.7. The van der Waals surface area contributed by atoms with Crippen LogP contribution >= 0.6 is 0 Å². The molecule has 0 fully saturated rings. The molecule has 1 atom stereocenters. The Balaban J connectivity index is 1.92. The van der Waals surface area contributed by atoms with Gasteiger partial charge in [-0.25, -0.2) is 4.98 Å². The number of nitrogens with zero attached hydrogens (tertiary/aromatic N) is 1. The van der Waals surface area contributed by atoms with Crippen molar-refractivity contribution < 1.29 is 4.79 Å². The molecule has 0 bridgehead atoms. The molecule has 22 heavy (non-hydrogen) atoms. The fourth-order valence-electron chi connectivity index (χ4n) is 2.13. The maximum Gasteiger partial charge on any atom is 0.253 e. The van der Waals surface area contributed by atoms with Gasteiger partial charge in [0.25, 0.3) is 5.91 Å². The molecule has 1 aromatic heterocycles. The number of carbonyl (C=O) groups is 1. The highest BCUT2D eigenvalue weighted by molar-refractivity contribution is 5.94. The fraction of sp³-hybridized carbons (Fsp3) is 0.333. The molecule has 1 heterocycles. The van der Waals surface area contributed by atoms with E-state index in [1.807, 2.05) is 43.3 Å². The van der Waals surface area contributed by atoms with Gasteiger partial charge in [0.05, 0.1) is 11.6 Å². The van der Waals surface area contributed by atoms with Crippen molar-refractivity contribution in [1.29, 1.82) is 0 Å². The molecule has 0 saturated carbocycles. The van der Waals surface area contributed by atoms with E-state index in [0.29, 0.717) is 5.56 Å². The second kappa shape index (κ2) is 8.17. The molecule has 1 amide bonds. The van der Waals surface area contributed by atoms with Crippen LogP contribution in [0.2, 0.25) is 0 Å². The summed E-state index contributed by atoms with van der Waals surface area (Å²) in [5, 5.41) is 6.22. The van der Waals surface area contributed by atoms with Crippen LogP contribution in [0.15, 0.2) is 48.7 Å². The number of nitrogens with one attached hydrogen (secondary N) is 2. The maximum absolute atomic E-state index is 12.2. The molecular formula is C18H23N3O. The summed E-state index contributed by atoms with van der Waals surface area (Å²) in [4.78, 5) is 16.5. The Kier molecular flexibility index (Phi) is 5.95. The second-order valence-electron chi connectivity index (χ2n) is 5.32. The number of unbranched alkanes of at least 4 members (excludes halogenated alkanes) is 1. The molecule has 2 rings (SSSR count). The number of carbonyl (C=O) groups excluding carboxylic acids is 1. The molecule has 0 saturated heterocycles. The van der Waals surface area contributed by atoms with Crippen LogP contribution in [0.1, 0.15) is 48.7 Å². The second-order valence-corrected chi connectivity index (χ2v) is 5.32. The van der Waals surface area contributed by atoms with Crippen molar-refractivity contribution in [3.8, 4) is 0 Å². The Morgan fingerprint density at radius 2 is 1.95 bits per heavy atom. The van der Waals surface area contributed by atoms with Crippen molar-refractivity contribution in [2.45, 2.75) is 32.7 Å². The van der Waals surface area contributed by atoms with Gasteiger partial charge in [0.15, 0.2) is 0 Å². The van der Waals surface area contributed by atoms with E-state index >= 15 is 0 Å². The summed E-state index contributed by atoms with van der Waals surface area (Å²) in [6.07, 6.45) is 3.87. The summed E-state index contributed by atoms with van der Waals surface area (Å²) in [6.45, 7) is 5.03. The first-order valence-corrected chi connectivity index (χ1v) is 7.76. The van der Waals surface area contributed by atoms with Crippen molar-refractivity contribution in [2.75, 3.05) is 11.9 Å². The van der Waals surface area contributed by atoms with Crippen molar-refractivity contribution >= 4 is 11.7 Å². The van der Waals surface area contributed by atoms with Crippen LogP contribution in [0.4, 0.5) is 5.82 Å². The van der Waals surface area contributed by atoms with E-state index in [-0.39, 0.29) is 11.9 Å². The number of hydrogen-bond donors (Lipinski definition) is 2. The number of amides is 1. The predicted molar refractivity (Wildman–Crippen MR) is 90.0 cm³/mol. The van der Waals surface area contributed by atoms with Gasteiger partial charge >= 0.3 is 0 Å². The van der Waals surface area contributed by atoms with E-state index in [9.17, 15) is 4.79 Å². The van der Waals surface area contributed by atoms with Gasteiger partial charge in [0.2, 0.25) is 0 Å². The van der Waals surface area contributed by atoms with Crippen LogP contribution < -0.4 is 10.6 Å². The molecule has 0 aliphatic rings. The molecular weight excluding hydrogens is 274 g/mol. The standard InChI is InChI=1S/C18H23N3O/c1-3-4-12-19-17-11-10-16(13-20-17)18(22)21-14(2)15-8-6-5-7-9-15/h5-11,13-14H,3-4,12H2,1-2H3,(H,19,20)(H,21,22). The molecule has 116 valence electrons. The first-order valence-electron chi connectivity index (χ1n) is 7.76. The third-order valence-corrected chi connectivity index (χ3v) is 3.51. The average Bonchev–Trinajstić information content (AvgIpc) is 2.56. The summed E-state index contributed by atoms with van der Waals surface area (Å²) >= 11 is 0. The zero-order valence-corrected chi connectivity index (χ0v) is 13.2. The monoisotopic (exact) mass is 297 g/mol. The third kappa shape index (κ3) is 4.58. The van der Waals surface area contributed by atoms with Crippen LogP contribution in [0.25, 0.3) is 0 Å².